The van der Waals surface area contributed by atoms with Crippen molar-refractivity contribution in [2.24, 2.45) is 0 Å². The molecule has 0 aliphatic heterocycles. The highest BCUT2D eigenvalue weighted by Gasteiger charge is 2.41. The maximum Gasteiger partial charge on any atom is 0.436 e. The fourth-order valence-corrected chi connectivity index (χ4v) is 2.82. The molecule has 0 bridgehead atoms. The van der Waals surface area contributed by atoms with Gasteiger partial charge in [-0.2, -0.15) is 18.3 Å². The van der Waals surface area contributed by atoms with Crippen molar-refractivity contribution < 1.29 is 22.7 Å². The summed E-state index contributed by atoms with van der Waals surface area (Å²) in [5, 5.41) is 6.13. The molecule has 118 valence electrons. The van der Waals surface area contributed by atoms with Crippen LogP contribution in [-0.2, 0) is 22.3 Å². The molecule has 1 aromatic rings. The largest absolute Gasteiger partial charge is 0.436 e. The molecule has 1 N–H and O–H groups in total. The van der Waals surface area contributed by atoms with E-state index < -0.39 is 17.8 Å². The van der Waals surface area contributed by atoms with E-state index in [1.54, 1.807) is 0 Å². The summed E-state index contributed by atoms with van der Waals surface area (Å²) in [7, 11) is 1.50. The average molecular weight is 370 g/mol. The molecule has 1 aliphatic rings. The molecular formula is C12H15BrF3N3O2. The topological polar surface area (TPSA) is 56.1 Å². The first-order valence-electron chi connectivity index (χ1n) is 6.43. The molecule has 21 heavy (non-hydrogen) atoms. The molecule has 1 saturated carbocycles. The predicted molar refractivity (Wildman–Crippen MR) is 71.8 cm³/mol. The van der Waals surface area contributed by atoms with Gasteiger partial charge in [0.15, 0.2) is 5.69 Å². The number of aromatic nitrogens is 2. The second kappa shape index (κ2) is 6.35. The van der Waals surface area contributed by atoms with E-state index in [2.05, 4.69) is 26.3 Å². The summed E-state index contributed by atoms with van der Waals surface area (Å²) < 4.78 is 44.5. The maximum absolute atomic E-state index is 12.9. The number of halogens is 4. The monoisotopic (exact) mass is 369 g/mol. The third-order valence-electron chi connectivity index (χ3n) is 3.09. The minimum atomic E-state index is -4.54. The Labute approximate surface area is 128 Å². The van der Waals surface area contributed by atoms with Crippen LogP contribution in [0.3, 0.4) is 0 Å². The van der Waals surface area contributed by atoms with Crippen LogP contribution in [0.25, 0.3) is 0 Å². The lowest BCUT2D eigenvalue weighted by atomic mass is 10.2. The molecule has 1 amide bonds. The second-order valence-corrected chi connectivity index (χ2v) is 5.61. The lowest BCUT2D eigenvalue weighted by Crippen LogP contribution is -2.31. The van der Waals surface area contributed by atoms with E-state index in [-0.39, 0.29) is 16.9 Å². The number of amides is 1. The van der Waals surface area contributed by atoms with E-state index in [4.69, 9.17) is 4.74 Å². The zero-order valence-corrected chi connectivity index (χ0v) is 12.9. The number of rotatable bonds is 6. The Bertz CT molecular complexity index is 527. The number of nitrogens with one attached hydrogen (secondary N) is 1. The van der Waals surface area contributed by atoms with Crippen LogP contribution in [0.15, 0.2) is 4.47 Å². The Morgan fingerprint density at radius 2 is 2.19 bits per heavy atom. The summed E-state index contributed by atoms with van der Waals surface area (Å²) in [5.41, 5.74) is -0.529. The van der Waals surface area contributed by atoms with Gasteiger partial charge in [-0.3, -0.25) is 9.48 Å². The molecule has 0 aromatic carbocycles. The van der Waals surface area contributed by atoms with Crippen molar-refractivity contribution in [3.63, 3.8) is 0 Å². The average Bonchev–Trinajstić information content (AvgIpc) is 3.14. The van der Waals surface area contributed by atoms with E-state index in [0.717, 1.165) is 17.5 Å². The number of hydrogen-bond donors (Lipinski definition) is 1. The first-order chi connectivity index (χ1) is 9.84. The zero-order chi connectivity index (χ0) is 15.6. The van der Waals surface area contributed by atoms with Crippen molar-refractivity contribution in [1.82, 2.24) is 15.1 Å². The van der Waals surface area contributed by atoms with Crippen LogP contribution < -0.4 is 5.32 Å². The normalized spacial score (nSPS) is 15.3. The Hall–Kier alpha value is -1.09. The maximum atomic E-state index is 12.9. The van der Waals surface area contributed by atoms with Crippen LogP contribution in [0, 0.1) is 0 Å². The summed E-state index contributed by atoms with van der Waals surface area (Å²) in [6.07, 6.45) is -2.92. The van der Waals surface area contributed by atoms with Crippen LogP contribution in [0.1, 0.15) is 30.1 Å². The number of alkyl halides is 3. The first-order valence-corrected chi connectivity index (χ1v) is 7.23. The van der Waals surface area contributed by atoms with Gasteiger partial charge >= 0.3 is 6.18 Å². The van der Waals surface area contributed by atoms with Gasteiger partial charge in [-0.15, -0.1) is 0 Å². The Kier molecular flexibility index (Phi) is 4.92. The Morgan fingerprint density at radius 3 is 2.71 bits per heavy atom. The van der Waals surface area contributed by atoms with Crippen molar-refractivity contribution in [3.05, 3.63) is 15.9 Å². The van der Waals surface area contributed by atoms with Gasteiger partial charge in [0.25, 0.3) is 0 Å². The smallest absolute Gasteiger partial charge is 0.383 e. The number of hydrogen-bond acceptors (Lipinski definition) is 3. The van der Waals surface area contributed by atoms with E-state index in [1.165, 1.54) is 7.11 Å². The molecule has 0 spiro atoms. The number of methoxy groups -OCH3 is 1. The lowest BCUT2D eigenvalue weighted by molar-refractivity contribution is -0.142. The highest BCUT2D eigenvalue weighted by molar-refractivity contribution is 9.10. The van der Waals surface area contributed by atoms with E-state index in [0.29, 0.717) is 18.8 Å². The van der Waals surface area contributed by atoms with Crippen LogP contribution >= 0.6 is 15.9 Å². The van der Waals surface area contributed by atoms with Crippen molar-refractivity contribution in [2.45, 2.75) is 31.5 Å². The van der Waals surface area contributed by atoms with Crippen molar-refractivity contribution in [2.75, 3.05) is 20.3 Å². The van der Waals surface area contributed by atoms with Crippen LogP contribution in [0.2, 0.25) is 0 Å². The number of nitrogens with zero attached hydrogens (tertiary/aromatic N) is 2. The third kappa shape index (κ3) is 3.97. The van der Waals surface area contributed by atoms with Gasteiger partial charge in [0.2, 0.25) is 5.91 Å². The quantitative estimate of drug-likeness (QED) is 0.782. The van der Waals surface area contributed by atoms with Crippen LogP contribution in [0.5, 0.6) is 0 Å². The molecule has 9 heteroatoms. The SMILES string of the molecule is COCCNC(=O)Cn1nc(C(F)(F)F)c(Br)c1C1CC1. The fourth-order valence-electron chi connectivity index (χ4n) is 1.99. The number of ether oxygens (including phenoxy) is 1. The molecule has 1 aromatic heterocycles. The summed E-state index contributed by atoms with van der Waals surface area (Å²) in [6.45, 7) is 0.421. The van der Waals surface area contributed by atoms with E-state index >= 15 is 0 Å². The molecule has 0 unspecified atom stereocenters. The summed E-state index contributed by atoms with van der Waals surface area (Å²) in [4.78, 5) is 11.7. The standard InChI is InChI=1S/C12H15BrF3N3O2/c1-21-5-4-17-8(20)6-19-10(7-2-3-7)9(13)11(18-19)12(14,15)16/h7H,2-6H2,1H3,(H,17,20). The molecular weight excluding hydrogens is 355 g/mol. The highest BCUT2D eigenvalue weighted by Crippen LogP contribution is 2.46. The summed E-state index contributed by atoms with van der Waals surface area (Å²) >= 11 is 2.98. The highest BCUT2D eigenvalue weighted by atomic mass is 79.9. The van der Waals surface area contributed by atoms with Crippen molar-refractivity contribution in [3.8, 4) is 0 Å². The number of carbonyl (C=O) groups is 1. The second-order valence-electron chi connectivity index (χ2n) is 4.82. The molecule has 5 nitrogen and oxygen atoms in total. The Morgan fingerprint density at radius 1 is 1.52 bits per heavy atom. The van der Waals surface area contributed by atoms with Gasteiger partial charge in [-0.1, -0.05) is 0 Å². The molecule has 1 fully saturated rings. The minimum Gasteiger partial charge on any atom is -0.383 e. The lowest BCUT2D eigenvalue weighted by Gasteiger charge is -2.08. The fraction of sp³-hybridized carbons (Fsp3) is 0.667. The van der Waals surface area contributed by atoms with Gasteiger partial charge in [0.05, 0.1) is 16.8 Å². The van der Waals surface area contributed by atoms with Gasteiger partial charge in [-0.25, -0.2) is 0 Å². The van der Waals surface area contributed by atoms with Crippen molar-refractivity contribution >= 4 is 21.8 Å². The molecule has 1 aliphatic carbocycles. The van der Waals surface area contributed by atoms with Crippen LogP contribution in [-0.4, -0.2) is 35.9 Å². The molecule has 2 rings (SSSR count). The van der Waals surface area contributed by atoms with Gasteiger partial charge in [0.1, 0.15) is 6.54 Å². The van der Waals surface area contributed by atoms with Crippen molar-refractivity contribution in [1.29, 1.82) is 0 Å². The molecule has 0 atom stereocenters. The first kappa shape index (κ1) is 16.3. The summed E-state index contributed by atoms with van der Waals surface area (Å²) in [6, 6.07) is 0. The zero-order valence-electron chi connectivity index (χ0n) is 11.3. The third-order valence-corrected chi connectivity index (χ3v) is 3.87. The molecule has 0 radical (unpaired) electrons. The number of carbonyl (C=O) groups excluding carboxylic acids is 1. The molecule has 0 saturated heterocycles. The minimum absolute atomic E-state index is 0.0368. The summed E-state index contributed by atoms with van der Waals surface area (Å²) in [5.74, 6) is -0.354. The van der Waals surface area contributed by atoms with E-state index in [9.17, 15) is 18.0 Å². The van der Waals surface area contributed by atoms with E-state index in [1.807, 2.05) is 0 Å². The molecule has 1 heterocycles. The van der Waals surface area contributed by atoms with Gasteiger partial charge in [-0.05, 0) is 28.8 Å². The van der Waals surface area contributed by atoms with Gasteiger partial charge in [0, 0.05) is 19.6 Å². The van der Waals surface area contributed by atoms with Crippen LogP contribution in [0.4, 0.5) is 13.2 Å². The van der Waals surface area contributed by atoms with Gasteiger partial charge < -0.3 is 10.1 Å². The Balaban J connectivity index is 2.16. The predicted octanol–water partition coefficient (Wildman–Crippen LogP) is 2.30.